The second-order valence-electron chi connectivity index (χ2n) is 6.20. The number of nitrogens with one attached hydrogen (secondary N) is 1. The number of likely N-dealkylation sites (tertiary alicyclic amines) is 1. The lowest BCUT2D eigenvalue weighted by Gasteiger charge is -2.26. The summed E-state index contributed by atoms with van der Waals surface area (Å²) in [6.45, 7) is 5.70. The molecule has 3 rings (SSSR count). The van der Waals surface area contributed by atoms with Gasteiger partial charge < -0.3 is 5.32 Å². The average molecular weight is 276 g/mol. The first-order valence-electron chi connectivity index (χ1n) is 8.01. The molecule has 2 unspecified atom stereocenters. The number of nitrogens with zero attached hydrogens (tertiary/aromatic N) is 1. The van der Waals surface area contributed by atoms with Crippen molar-refractivity contribution in [1.29, 1.82) is 0 Å². The lowest BCUT2D eigenvalue weighted by atomic mass is 10.0. The van der Waals surface area contributed by atoms with E-state index in [2.05, 4.69) is 17.1 Å². The van der Waals surface area contributed by atoms with E-state index in [-0.39, 0.29) is 5.82 Å². The van der Waals surface area contributed by atoms with E-state index in [9.17, 15) is 4.39 Å². The third-order valence-electron chi connectivity index (χ3n) is 4.80. The second kappa shape index (κ2) is 6.23. The predicted molar refractivity (Wildman–Crippen MR) is 80.1 cm³/mol. The third-order valence-corrected chi connectivity index (χ3v) is 4.80. The molecule has 1 saturated carbocycles. The Morgan fingerprint density at radius 1 is 1.25 bits per heavy atom. The van der Waals surface area contributed by atoms with Crippen molar-refractivity contribution in [2.45, 2.75) is 44.7 Å². The quantitative estimate of drug-likeness (QED) is 0.857. The molecule has 1 saturated heterocycles. The van der Waals surface area contributed by atoms with Gasteiger partial charge in [0.25, 0.3) is 0 Å². The molecule has 1 aromatic carbocycles. The first-order valence-corrected chi connectivity index (χ1v) is 8.01. The minimum absolute atomic E-state index is 0.142. The Hall–Kier alpha value is -0.930. The van der Waals surface area contributed by atoms with E-state index < -0.39 is 0 Å². The highest BCUT2D eigenvalue weighted by molar-refractivity contribution is 5.22. The number of likely N-dealkylation sites (N-methyl/N-ethyl adjacent to an activating group) is 1. The monoisotopic (exact) mass is 276 g/mol. The maximum absolute atomic E-state index is 13.1. The van der Waals surface area contributed by atoms with Crippen LogP contribution in [0.5, 0.6) is 0 Å². The molecular formula is C17H25FN2. The van der Waals surface area contributed by atoms with Crippen LogP contribution in [0.15, 0.2) is 24.3 Å². The van der Waals surface area contributed by atoms with E-state index in [0.29, 0.717) is 12.1 Å². The molecule has 0 bridgehead atoms. The van der Waals surface area contributed by atoms with Crippen LogP contribution < -0.4 is 5.32 Å². The van der Waals surface area contributed by atoms with Gasteiger partial charge in [-0.3, -0.25) is 4.90 Å². The minimum atomic E-state index is -0.142. The molecule has 20 heavy (non-hydrogen) atoms. The van der Waals surface area contributed by atoms with E-state index in [0.717, 1.165) is 19.0 Å². The van der Waals surface area contributed by atoms with Gasteiger partial charge in [0, 0.05) is 18.6 Å². The topological polar surface area (TPSA) is 15.3 Å². The molecule has 0 aromatic heterocycles. The van der Waals surface area contributed by atoms with Crippen molar-refractivity contribution in [2.75, 3.05) is 19.6 Å². The molecule has 1 heterocycles. The summed E-state index contributed by atoms with van der Waals surface area (Å²) in [4.78, 5) is 2.57. The number of hydrogen-bond acceptors (Lipinski definition) is 2. The number of benzene rings is 1. The summed E-state index contributed by atoms with van der Waals surface area (Å²) in [5, 5.41) is 3.76. The van der Waals surface area contributed by atoms with Crippen molar-refractivity contribution in [3.8, 4) is 0 Å². The van der Waals surface area contributed by atoms with E-state index in [1.54, 1.807) is 12.1 Å². The highest BCUT2D eigenvalue weighted by Crippen LogP contribution is 2.41. The fourth-order valence-corrected chi connectivity index (χ4v) is 3.46. The van der Waals surface area contributed by atoms with Crippen LogP contribution in [-0.4, -0.2) is 30.6 Å². The summed E-state index contributed by atoms with van der Waals surface area (Å²) in [5.74, 6) is 0.605. The van der Waals surface area contributed by atoms with Crippen LogP contribution in [0.1, 0.15) is 44.2 Å². The molecule has 0 amide bonds. The van der Waals surface area contributed by atoms with Gasteiger partial charge in [-0.05, 0) is 62.4 Å². The molecule has 110 valence electrons. The Balaban J connectivity index is 1.61. The summed E-state index contributed by atoms with van der Waals surface area (Å²) < 4.78 is 13.1. The molecule has 2 fully saturated rings. The summed E-state index contributed by atoms with van der Waals surface area (Å²) >= 11 is 0. The Morgan fingerprint density at radius 3 is 2.65 bits per heavy atom. The van der Waals surface area contributed by atoms with Gasteiger partial charge in [-0.2, -0.15) is 0 Å². The van der Waals surface area contributed by atoms with Crippen molar-refractivity contribution in [3.05, 3.63) is 35.6 Å². The number of hydrogen-bond donors (Lipinski definition) is 1. The van der Waals surface area contributed by atoms with Gasteiger partial charge >= 0.3 is 0 Å². The molecule has 0 radical (unpaired) electrons. The van der Waals surface area contributed by atoms with Crippen molar-refractivity contribution < 1.29 is 4.39 Å². The first kappa shape index (κ1) is 14.0. The lowest BCUT2D eigenvalue weighted by molar-refractivity contribution is 0.251. The maximum Gasteiger partial charge on any atom is 0.123 e. The number of halogens is 1. The summed E-state index contributed by atoms with van der Waals surface area (Å²) in [6.07, 6.45) is 5.24. The molecule has 1 N–H and O–H groups in total. The molecule has 1 aliphatic carbocycles. The van der Waals surface area contributed by atoms with Crippen molar-refractivity contribution >= 4 is 0 Å². The van der Waals surface area contributed by atoms with Crippen molar-refractivity contribution in [3.63, 3.8) is 0 Å². The minimum Gasteiger partial charge on any atom is -0.308 e. The van der Waals surface area contributed by atoms with Gasteiger partial charge in [0.15, 0.2) is 0 Å². The standard InChI is InChI=1S/C17H25FN2/c1-2-20-11-3-4-16(20)12-19-17(13-5-6-13)14-7-9-15(18)10-8-14/h7-10,13,16-17,19H,2-6,11-12H2,1H3. The molecule has 3 heteroatoms. The van der Waals surface area contributed by atoms with E-state index in [1.807, 2.05) is 12.1 Å². The zero-order valence-corrected chi connectivity index (χ0v) is 12.3. The van der Waals surface area contributed by atoms with Gasteiger partial charge in [-0.25, -0.2) is 4.39 Å². The van der Waals surface area contributed by atoms with Crippen molar-refractivity contribution in [1.82, 2.24) is 10.2 Å². The Bertz CT molecular complexity index is 427. The zero-order valence-electron chi connectivity index (χ0n) is 12.3. The van der Waals surface area contributed by atoms with Crippen LogP contribution in [0, 0.1) is 11.7 Å². The van der Waals surface area contributed by atoms with Crippen LogP contribution in [-0.2, 0) is 0 Å². The van der Waals surface area contributed by atoms with Gasteiger partial charge in [0.05, 0.1) is 0 Å². The van der Waals surface area contributed by atoms with Crippen LogP contribution in [0.2, 0.25) is 0 Å². The second-order valence-corrected chi connectivity index (χ2v) is 6.20. The Kier molecular flexibility index (Phi) is 4.37. The van der Waals surface area contributed by atoms with E-state index >= 15 is 0 Å². The summed E-state index contributed by atoms with van der Waals surface area (Å²) in [7, 11) is 0. The Labute approximate surface area is 121 Å². The molecule has 2 atom stereocenters. The average Bonchev–Trinajstić information content (AvgIpc) is 3.19. The first-order chi connectivity index (χ1) is 9.78. The van der Waals surface area contributed by atoms with Gasteiger partial charge in [-0.15, -0.1) is 0 Å². The smallest absolute Gasteiger partial charge is 0.123 e. The molecular weight excluding hydrogens is 251 g/mol. The molecule has 0 spiro atoms. The van der Waals surface area contributed by atoms with Gasteiger partial charge in [0.2, 0.25) is 0 Å². The SMILES string of the molecule is CCN1CCCC1CNC(c1ccc(F)cc1)C1CC1. The molecule has 2 nitrogen and oxygen atoms in total. The third kappa shape index (κ3) is 3.21. The summed E-state index contributed by atoms with van der Waals surface area (Å²) in [6, 6.07) is 8.15. The zero-order chi connectivity index (χ0) is 13.9. The van der Waals surface area contributed by atoms with E-state index in [1.165, 1.54) is 37.8 Å². The fourth-order valence-electron chi connectivity index (χ4n) is 3.46. The van der Waals surface area contributed by atoms with Crippen LogP contribution in [0.3, 0.4) is 0 Å². The van der Waals surface area contributed by atoms with Crippen LogP contribution in [0.25, 0.3) is 0 Å². The molecule has 2 aliphatic rings. The van der Waals surface area contributed by atoms with Gasteiger partial charge in [-0.1, -0.05) is 19.1 Å². The van der Waals surface area contributed by atoms with Gasteiger partial charge in [0.1, 0.15) is 5.82 Å². The summed E-state index contributed by atoms with van der Waals surface area (Å²) in [5.41, 5.74) is 1.25. The largest absolute Gasteiger partial charge is 0.308 e. The maximum atomic E-state index is 13.1. The fraction of sp³-hybridized carbons (Fsp3) is 0.647. The molecule has 1 aliphatic heterocycles. The predicted octanol–water partition coefficient (Wildman–Crippen LogP) is 3.35. The highest BCUT2D eigenvalue weighted by Gasteiger charge is 2.33. The van der Waals surface area contributed by atoms with E-state index in [4.69, 9.17) is 0 Å². The van der Waals surface area contributed by atoms with Crippen molar-refractivity contribution in [2.24, 2.45) is 5.92 Å². The van der Waals surface area contributed by atoms with Crippen LogP contribution in [0.4, 0.5) is 4.39 Å². The lowest BCUT2D eigenvalue weighted by Crippen LogP contribution is -2.39. The normalized spacial score (nSPS) is 25.0. The molecule has 1 aromatic rings. The van der Waals surface area contributed by atoms with Crippen LogP contribution >= 0.6 is 0 Å². The highest BCUT2D eigenvalue weighted by atomic mass is 19.1. The number of rotatable bonds is 6. The Morgan fingerprint density at radius 2 is 2.00 bits per heavy atom.